The van der Waals surface area contributed by atoms with Gasteiger partial charge in [-0.25, -0.2) is 0 Å². The van der Waals surface area contributed by atoms with Gasteiger partial charge in [-0.15, -0.1) is 0 Å². The fraction of sp³-hybridized carbons (Fsp3) is 0.417. The highest BCUT2D eigenvalue weighted by molar-refractivity contribution is 5.99. The molecule has 0 aliphatic carbocycles. The van der Waals surface area contributed by atoms with E-state index in [4.69, 9.17) is 0 Å². The molecule has 1 atom stereocenters. The van der Waals surface area contributed by atoms with Crippen molar-refractivity contribution in [2.24, 2.45) is 0 Å². The van der Waals surface area contributed by atoms with Crippen molar-refractivity contribution in [2.45, 2.75) is 45.6 Å². The molecule has 1 saturated heterocycles. The number of aryl methyl sites for hydroxylation is 2. The van der Waals surface area contributed by atoms with Gasteiger partial charge in [-0.1, -0.05) is 48.0 Å². The number of hydrogen-bond acceptors (Lipinski definition) is 3. The van der Waals surface area contributed by atoms with Crippen molar-refractivity contribution in [3.63, 3.8) is 0 Å². The fourth-order valence-corrected chi connectivity index (χ4v) is 3.88. The molecular weight excluding hydrogens is 348 g/mol. The van der Waals surface area contributed by atoms with Crippen molar-refractivity contribution in [3.05, 3.63) is 70.8 Å². The fourth-order valence-electron chi connectivity index (χ4n) is 3.88. The molecule has 1 N–H and O–H groups in total. The third-order valence-electron chi connectivity index (χ3n) is 5.53. The minimum absolute atomic E-state index is 0.0375. The van der Waals surface area contributed by atoms with Crippen LogP contribution < -0.4 is 5.32 Å². The zero-order chi connectivity index (χ0) is 19.9. The highest BCUT2D eigenvalue weighted by Gasteiger charge is 2.23. The van der Waals surface area contributed by atoms with Crippen LogP contribution in [0.4, 0.5) is 0 Å². The van der Waals surface area contributed by atoms with Crippen molar-refractivity contribution in [1.29, 1.82) is 0 Å². The van der Waals surface area contributed by atoms with E-state index in [0.717, 1.165) is 29.8 Å². The Hall–Kier alpha value is -2.46. The number of rotatable bonds is 8. The largest absolute Gasteiger partial charge is 0.354 e. The standard InChI is InChI=1S/C24H30N2O2/c1-18-10-11-19(2)21(16-18)23(27)12-13-24(28)25-17-22(26-14-6-7-15-26)20-8-4-3-5-9-20/h3-5,8-11,16,22H,6-7,12-15,17H2,1-2H3,(H,25,28). The summed E-state index contributed by atoms with van der Waals surface area (Å²) in [6.45, 7) is 6.64. The first-order chi connectivity index (χ1) is 13.5. The predicted octanol–water partition coefficient (Wildman–Crippen LogP) is 4.22. The first-order valence-electron chi connectivity index (χ1n) is 10.2. The highest BCUT2D eigenvalue weighted by Crippen LogP contribution is 2.24. The van der Waals surface area contributed by atoms with Crippen LogP contribution in [-0.2, 0) is 4.79 Å². The molecule has 1 amide bonds. The van der Waals surface area contributed by atoms with E-state index in [2.05, 4.69) is 22.3 Å². The molecule has 28 heavy (non-hydrogen) atoms. The van der Waals surface area contributed by atoms with Crippen molar-refractivity contribution in [2.75, 3.05) is 19.6 Å². The zero-order valence-corrected chi connectivity index (χ0v) is 16.9. The molecule has 1 heterocycles. The number of carbonyl (C=O) groups excluding carboxylic acids is 2. The summed E-state index contributed by atoms with van der Waals surface area (Å²) in [6, 6.07) is 16.4. The molecule has 0 bridgehead atoms. The lowest BCUT2D eigenvalue weighted by molar-refractivity contribution is -0.121. The molecule has 2 aromatic rings. The molecule has 2 aromatic carbocycles. The van der Waals surface area contributed by atoms with Gasteiger partial charge in [-0.3, -0.25) is 14.5 Å². The van der Waals surface area contributed by atoms with E-state index in [0.29, 0.717) is 6.54 Å². The number of carbonyl (C=O) groups is 2. The lowest BCUT2D eigenvalue weighted by Gasteiger charge is -2.28. The van der Waals surface area contributed by atoms with Crippen molar-refractivity contribution in [3.8, 4) is 0 Å². The molecule has 1 unspecified atom stereocenters. The lowest BCUT2D eigenvalue weighted by atomic mass is 9.99. The highest BCUT2D eigenvalue weighted by atomic mass is 16.2. The van der Waals surface area contributed by atoms with Crippen LogP contribution in [0.25, 0.3) is 0 Å². The first kappa shape index (κ1) is 20.3. The van der Waals surface area contributed by atoms with Crippen LogP contribution in [0.5, 0.6) is 0 Å². The van der Waals surface area contributed by atoms with Crippen LogP contribution in [0.3, 0.4) is 0 Å². The quantitative estimate of drug-likeness (QED) is 0.700. The molecule has 1 fully saturated rings. The number of nitrogens with zero attached hydrogens (tertiary/aromatic N) is 1. The van der Waals surface area contributed by atoms with Crippen LogP contribution in [0.1, 0.15) is 58.8 Å². The van der Waals surface area contributed by atoms with E-state index in [1.807, 2.05) is 50.2 Å². The van der Waals surface area contributed by atoms with Crippen LogP contribution >= 0.6 is 0 Å². The molecular formula is C24H30N2O2. The topological polar surface area (TPSA) is 49.4 Å². The maximum atomic E-state index is 12.5. The lowest BCUT2D eigenvalue weighted by Crippen LogP contribution is -2.36. The number of Topliss-reactive ketones (excluding diaryl/α,β-unsaturated/α-hetero) is 1. The molecule has 1 aliphatic heterocycles. The second-order valence-electron chi connectivity index (χ2n) is 7.72. The third kappa shape index (κ3) is 5.29. The summed E-state index contributed by atoms with van der Waals surface area (Å²) in [5.74, 6) is -0.0192. The van der Waals surface area contributed by atoms with Crippen LogP contribution in [0.15, 0.2) is 48.5 Å². The molecule has 0 spiro atoms. The van der Waals surface area contributed by atoms with Gasteiger partial charge in [0.1, 0.15) is 0 Å². The normalized spacial score (nSPS) is 15.4. The van der Waals surface area contributed by atoms with Crippen LogP contribution in [-0.4, -0.2) is 36.2 Å². The summed E-state index contributed by atoms with van der Waals surface area (Å²) in [5.41, 5.74) is 3.99. The number of amides is 1. The Balaban J connectivity index is 1.54. The van der Waals surface area contributed by atoms with Gasteiger partial charge in [-0.05, 0) is 57.0 Å². The molecule has 148 valence electrons. The number of likely N-dealkylation sites (tertiary alicyclic amines) is 1. The van der Waals surface area contributed by atoms with Crippen molar-refractivity contribution < 1.29 is 9.59 Å². The summed E-state index contributed by atoms with van der Waals surface area (Å²) in [7, 11) is 0. The molecule has 0 aromatic heterocycles. The molecule has 3 rings (SSSR count). The number of ketones is 1. The first-order valence-corrected chi connectivity index (χ1v) is 10.2. The number of nitrogens with one attached hydrogen (secondary N) is 1. The zero-order valence-electron chi connectivity index (χ0n) is 16.9. The van der Waals surface area contributed by atoms with Gasteiger partial charge in [0.05, 0.1) is 6.04 Å². The van der Waals surface area contributed by atoms with Gasteiger partial charge in [0.15, 0.2) is 5.78 Å². The molecule has 0 saturated carbocycles. The summed E-state index contributed by atoms with van der Waals surface area (Å²) in [6.07, 6.45) is 2.90. The molecule has 4 heteroatoms. The smallest absolute Gasteiger partial charge is 0.220 e. The van der Waals surface area contributed by atoms with E-state index in [9.17, 15) is 9.59 Å². The van der Waals surface area contributed by atoms with E-state index >= 15 is 0 Å². The van der Waals surface area contributed by atoms with Crippen molar-refractivity contribution >= 4 is 11.7 Å². The average molecular weight is 379 g/mol. The summed E-state index contributed by atoms with van der Waals surface area (Å²) in [4.78, 5) is 27.3. The Bertz CT molecular complexity index is 811. The second-order valence-corrected chi connectivity index (χ2v) is 7.72. The summed E-state index contributed by atoms with van der Waals surface area (Å²) < 4.78 is 0. The Labute approximate surface area is 167 Å². The van der Waals surface area contributed by atoms with Crippen LogP contribution in [0, 0.1) is 13.8 Å². The molecule has 4 nitrogen and oxygen atoms in total. The van der Waals surface area contributed by atoms with Gasteiger partial charge >= 0.3 is 0 Å². The van der Waals surface area contributed by atoms with E-state index in [-0.39, 0.29) is 30.6 Å². The maximum absolute atomic E-state index is 12.5. The summed E-state index contributed by atoms with van der Waals surface area (Å²) >= 11 is 0. The SMILES string of the molecule is Cc1ccc(C)c(C(=O)CCC(=O)NCC(c2ccccc2)N2CCCC2)c1. The Kier molecular flexibility index (Phi) is 6.99. The Morgan fingerprint density at radius 3 is 2.43 bits per heavy atom. The summed E-state index contributed by atoms with van der Waals surface area (Å²) in [5, 5.41) is 3.06. The number of hydrogen-bond donors (Lipinski definition) is 1. The van der Waals surface area contributed by atoms with E-state index in [1.165, 1.54) is 18.4 Å². The molecule has 0 radical (unpaired) electrons. The van der Waals surface area contributed by atoms with E-state index < -0.39 is 0 Å². The third-order valence-corrected chi connectivity index (χ3v) is 5.53. The monoisotopic (exact) mass is 378 g/mol. The number of benzene rings is 2. The average Bonchev–Trinajstić information content (AvgIpc) is 3.23. The minimum Gasteiger partial charge on any atom is -0.354 e. The van der Waals surface area contributed by atoms with E-state index in [1.54, 1.807) is 0 Å². The Morgan fingerprint density at radius 2 is 1.71 bits per heavy atom. The predicted molar refractivity (Wildman–Crippen MR) is 112 cm³/mol. The Morgan fingerprint density at radius 1 is 1.00 bits per heavy atom. The van der Waals surface area contributed by atoms with Gasteiger partial charge < -0.3 is 5.32 Å². The van der Waals surface area contributed by atoms with Crippen molar-refractivity contribution in [1.82, 2.24) is 10.2 Å². The van der Waals surface area contributed by atoms with Gasteiger partial charge in [0.25, 0.3) is 0 Å². The van der Waals surface area contributed by atoms with Gasteiger partial charge in [0.2, 0.25) is 5.91 Å². The van der Waals surface area contributed by atoms with Gasteiger partial charge in [0, 0.05) is 24.9 Å². The maximum Gasteiger partial charge on any atom is 0.220 e. The van der Waals surface area contributed by atoms with Gasteiger partial charge in [-0.2, -0.15) is 0 Å². The molecule has 1 aliphatic rings. The minimum atomic E-state index is -0.0567. The second kappa shape index (κ2) is 9.65. The van der Waals surface area contributed by atoms with Crippen LogP contribution in [0.2, 0.25) is 0 Å².